The van der Waals surface area contributed by atoms with E-state index in [4.69, 9.17) is 34.2 Å². The molecule has 5 amide bonds. The van der Waals surface area contributed by atoms with Crippen LogP contribution in [0.25, 0.3) is 11.1 Å². The van der Waals surface area contributed by atoms with E-state index in [2.05, 4.69) is 16.0 Å². The van der Waals surface area contributed by atoms with Gasteiger partial charge in [0.2, 0.25) is 29.5 Å². The molecule has 7 N–H and O–H groups in total. The minimum absolute atomic E-state index is 0.0155. The van der Waals surface area contributed by atoms with Crippen molar-refractivity contribution in [1.29, 1.82) is 0 Å². The first-order chi connectivity index (χ1) is 42.5. The number of nitrogens with zero attached hydrogens (tertiary/aromatic N) is 3. The van der Waals surface area contributed by atoms with Gasteiger partial charge in [-0.2, -0.15) is 0 Å². The number of imide groups is 1. The molecule has 0 bridgehead atoms. The molecule has 2 unspecified atom stereocenters. The van der Waals surface area contributed by atoms with Crippen molar-refractivity contribution in [3.8, 4) is 16.9 Å². The lowest BCUT2D eigenvalue weighted by molar-refractivity contribution is -0.141. The predicted octanol–water partition coefficient (Wildman–Crippen LogP) is 3.44. The fraction of sp³-hybridized carbons (Fsp3) is 0.452. The van der Waals surface area contributed by atoms with Gasteiger partial charge in [-0.05, 0) is 66.3 Å². The number of phenols is 1. The number of aromatic hydroxyl groups is 1. The van der Waals surface area contributed by atoms with Crippen molar-refractivity contribution in [3.05, 3.63) is 157 Å². The number of carbonyl (C=O) groups is 6. The van der Waals surface area contributed by atoms with Crippen molar-refractivity contribution in [2.75, 3.05) is 105 Å². The smallest absolute Gasteiger partial charge is 0.331 e. The summed E-state index contributed by atoms with van der Waals surface area (Å²) in [6.45, 7) is 4.49. The zero-order valence-electron chi connectivity index (χ0n) is 49.1. The monoisotopic (exact) mass is 1250 g/mol. The Labute approximate surface area is 512 Å². The lowest BCUT2D eigenvalue weighted by Gasteiger charge is -2.20. The summed E-state index contributed by atoms with van der Waals surface area (Å²) >= 11 is 0.966. The Balaban J connectivity index is 0.742. The van der Waals surface area contributed by atoms with Crippen molar-refractivity contribution in [1.82, 2.24) is 30.0 Å². The molecule has 5 aromatic rings. The molecule has 1 saturated heterocycles. The lowest BCUT2D eigenvalue weighted by atomic mass is 10.00. The third kappa shape index (κ3) is 22.8. The van der Waals surface area contributed by atoms with Crippen LogP contribution >= 0.6 is 11.8 Å². The Bertz CT molecular complexity index is 3190. The fourth-order valence-electron chi connectivity index (χ4n) is 9.17. The maximum atomic E-state index is 14.9. The number of aliphatic carboxylic acids is 1. The second-order valence-electron chi connectivity index (χ2n) is 20.3. The van der Waals surface area contributed by atoms with Crippen LogP contribution in [0.4, 0.5) is 8.78 Å². The maximum absolute atomic E-state index is 14.9. The fourth-order valence-corrected chi connectivity index (χ4v) is 10.4. The van der Waals surface area contributed by atoms with Crippen LogP contribution in [0.3, 0.4) is 0 Å². The van der Waals surface area contributed by atoms with Gasteiger partial charge in [-0.15, -0.1) is 11.8 Å². The molecule has 6 rings (SSSR count). The third-order valence-corrected chi connectivity index (χ3v) is 15.3. The highest BCUT2D eigenvalue weighted by atomic mass is 32.2. The second-order valence-corrected chi connectivity index (χ2v) is 21.6. The van der Waals surface area contributed by atoms with E-state index in [9.17, 15) is 57.4 Å². The van der Waals surface area contributed by atoms with E-state index in [1.807, 2.05) is 12.1 Å². The lowest BCUT2D eigenvalue weighted by Crippen LogP contribution is -2.44. The van der Waals surface area contributed by atoms with Crippen molar-refractivity contribution in [2.45, 2.75) is 75.9 Å². The number of aryl methyl sites for hydroxylation is 2. The van der Waals surface area contributed by atoms with E-state index in [0.717, 1.165) is 44.5 Å². The Kier molecular flexibility index (Phi) is 29.4. The highest BCUT2D eigenvalue weighted by Crippen LogP contribution is 2.27. The Morgan fingerprint density at radius 1 is 0.659 bits per heavy atom. The number of carboxylic acids is 1. The highest BCUT2D eigenvalue weighted by Gasteiger charge is 2.39. The molecular formula is C62H77F2N7O16S. The van der Waals surface area contributed by atoms with E-state index >= 15 is 0 Å². The number of aromatic nitrogens is 2. The van der Waals surface area contributed by atoms with E-state index in [-0.39, 0.29) is 118 Å². The van der Waals surface area contributed by atoms with Crippen molar-refractivity contribution >= 4 is 47.3 Å². The summed E-state index contributed by atoms with van der Waals surface area (Å²) in [4.78, 5) is 104. The van der Waals surface area contributed by atoms with Gasteiger partial charge in [0.15, 0.2) is 0 Å². The minimum atomic E-state index is -1.30. The topological polar surface area (TPSA) is 308 Å². The molecule has 4 aromatic carbocycles. The van der Waals surface area contributed by atoms with Gasteiger partial charge in [0.05, 0.1) is 103 Å². The molecule has 1 fully saturated rings. The van der Waals surface area contributed by atoms with Crippen LogP contribution in [-0.4, -0.2) is 176 Å². The van der Waals surface area contributed by atoms with E-state index < -0.39 is 70.5 Å². The first-order valence-corrected chi connectivity index (χ1v) is 30.0. The number of thioether (sulfide) groups is 1. The van der Waals surface area contributed by atoms with Crippen LogP contribution in [0.15, 0.2) is 107 Å². The summed E-state index contributed by atoms with van der Waals surface area (Å²) < 4.78 is 65.0. The van der Waals surface area contributed by atoms with Crippen molar-refractivity contribution in [2.24, 2.45) is 5.73 Å². The second kappa shape index (κ2) is 37.2. The number of rotatable bonds is 41. The number of halogens is 2. The average Bonchev–Trinajstić information content (AvgIpc) is 2.56. The van der Waals surface area contributed by atoms with Crippen LogP contribution in [0.5, 0.6) is 5.75 Å². The summed E-state index contributed by atoms with van der Waals surface area (Å²) in [5, 5.41) is 26.2. The number of hydrogen-bond acceptors (Lipinski definition) is 17. The number of carbonyl (C=O) groups excluding carboxylic acids is 5. The van der Waals surface area contributed by atoms with Crippen molar-refractivity contribution < 1.29 is 76.2 Å². The number of amides is 5. The molecule has 1 aliphatic rings. The van der Waals surface area contributed by atoms with Gasteiger partial charge in [0.1, 0.15) is 23.4 Å². The number of nitrogens with two attached hydrogens (primary N) is 1. The first-order valence-electron chi connectivity index (χ1n) is 28.9. The standard InChI is InChI=1S/C62H77F2N7O16S/c1-42-58(60(78)71(40-51(65)45-8-3-2-4-9-45)62(81)70(42)39-48-49(63)11-6-12-50(48)64)46-10-5-7-44(37-46)16-20-55(74)67-23-26-83-28-30-85-32-34-87-36-35-86-33-31-84-29-27-82-25-21-56(75)68-52(61(79)80)41-88-53-38-57(76)69(59(53)77)24-22-66-54(73)19-15-43-13-17-47(72)18-14-43/h2-14,17-18,37,51-53,72H,15-16,19-36,38-41,65H2,1H3,(H,66,73)(H,67,74)(H,68,75)(H,79,80)/t51-,52?,53?/m0/s1. The van der Waals surface area contributed by atoms with Crippen molar-refractivity contribution in [3.63, 3.8) is 0 Å². The number of likely N-dealkylation sites (tertiary alicyclic amines) is 1. The molecule has 23 nitrogen and oxygen atoms in total. The van der Waals surface area contributed by atoms with E-state index in [0.29, 0.717) is 76.8 Å². The summed E-state index contributed by atoms with van der Waals surface area (Å²) in [7, 11) is 0. The van der Waals surface area contributed by atoms with Crippen LogP contribution in [0, 0.1) is 18.6 Å². The van der Waals surface area contributed by atoms with Gasteiger partial charge in [0.25, 0.3) is 5.56 Å². The van der Waals surface area contributed by atoms with Gasteiger partial charge in [-0.1, -0.05) is 72.8 Å². The molecule has 2 heterocycles. The quantitative estimate of drug-likeness (QED) is 0.0241. The van der Waals surface area contributed by atoms with Gasteiger partial charge in [-0.3, -0.25) is 42.8 Å². The molecule has 0 aliphatic carbocycles. The maximum Gasteiger partial charge on any atom is 0.331 e. The number of hydrogen-bond donors (Lipinski definition) is 6. The molecule has 0 radical (unpaired) electrons. The predicted molar refractivity (Wildman–Crippen MR) is 321 cm³/mol. The highest BCUT2D eigenvalue weighted by molar-refractivity contribution is 8.00. The van der Waals surface area contributed by atoms with Crippen LogP contribution in [-0.2, 0) is 83.1 Å². The molecule has 0 spiro atoms. The number of benzene rings is 4. The number of phenolic OH excluding ortho intramolecular Hbond substituents is 1. The van der Waals surface area contributed by atoms with Crippen LogP contribution in [0.1, 0.15) is 59.7 Å². The molecule has 1 aromatic heterocycles. The molecule has 476 valence electrons. The van der Waals surface area contributed by atoms with Crippen LogP contribution < -0.4 is 32.9 Å². The largest absolute Gasteiger partial charge is 0.508 e. The third-order valence-electron chi connectivity index (χ3n) is 14.0. The zero-order chi connectivity index (χ0) is 63.2. The number of ether oxygens (including phenoxy) is 6. The van der Waals surface area contributed by atoms with Gasteiger partial charge in [-0.25, -0.2) is 18.4 Å². The SMILES string of the molecule is Cc1c(-c2cccc(CCC(=O)NCCOCCOCCOCCOCCOCCOCCC(=O)NC(CSC3CC(=O)N(CCNC(=O)CCc4ccc(O)cc4)C3=O)C(=O)O)c2)c(=O)n(C[C@H](N)c2ccccc2)c(=O)n1Cc1c(F)cccc1F. The molecule has 3 atom stereocenters. The summed E-state index contributed by atoms with van der Waals surface area (Å²) in [5.74, 6) is -4.94. The summed E-state index contributed by atoms with van der Waals surface area (Å²) in [6.07, 6.45) is 0.863. The normalized spacial score (nSPS) is 13.8. The Morgan fingerprint density at radius 3 is 1.82 bits per heavy atom. The van der Waals surface area contributed by atoms with E-state index in [1.54, 1.807) is 61.5 Å². The average molecular weight is 1250 g/mol. The first kappa shape index (κ1) is 69.4. The van der Waals surface area contributed by atoms with Gasteiger partial charge < -0.3 is 60.3 Å². The number of carboxylic acid groups (broad SMARTS) is 1. The number of nitrogens with one attached hydrogen (secondary N) is 3. The Hall–Kier alpha value is -7.69. The molecular weight excluding hydrogens is 1170 g/mol. The van der Waals surface area contributed by atoms with E-state index in [1.165, 1.54) is 22.8 Å². The molecule has 0 saturated carbocycles. The minimum Gasteiger partial charge on any atom is -0.508 e. The summed E-state index contributed by atoms with van der Waals surface area (Å²) in [6, 6.07) is 23.8. The molecule has 26 heteroatoms. The molecule has 1 aliphatic heterocycles. The van der Waals surface area contributed by atoms with Gasteiger partial charge >= 0.3 is 11.7 Å². The zero-order valence-corrected chi connectivity index (χ0v) is 49.9. The summed E-state index contributed by atoms with van der Waals surface area (Å²) in [5.41, 5.74) is 7.92. The van der Waals surface area contributed by atoms with Crippen LogP contribution in [0.2, 0.25) is 0 Å². The van der Waals surface area contributed by atoms with Gasteiger partial charge in [0, 0.05) is 68.4 Å². The Morgan fingerprint density at radius 2 is 1.22 bits per heavy atom. The molecule has 88 heavy (non-hydrogen) atoms.